The number of hydrogen-bond donors (Lipinski definition) is 2. The predicted molar refractivity (Wildman–Crippen MR) is 138 cm³/mol. The van der Waals surface area contributed by atoms with E-state index in [1.165, 1.54) is 11.1 Å². The SMILES string of the molecule is CCNC(=NCC1CCOc2ccccc21)NC1CCN(c2ccc(C)cn2)CC1.I. The van der Waals surface area contributed by atoms with Gasteiger partial charge in [-0.25, -0.2) is 4.98 Å². The number of fused-ring (bicyclic) bond motifs is 1. The fraction of sp³-hybridized carbons (Fsp3) is 0.500. The van der Waals surface area contributed by atoms with Crippen molar-refractivity contribution in [1.29, 1.82) is 0 Å². The molecule has 3 heterocycles. The first-order valence-electron chi connectivity index (χ1n) is 11.2. The first-order valence-corrected chi connectivity index (χ1v) is 11.2. The fourth-order valence-electron chi connectivity index (χ4n) is 4.22. The topological polar surface area (TPSA) is 61.8 Å². The van der Waals surface area contributed by atoms with Crippen LogP contribution in [0.4, 0.5) is 5.82 Å². The Kier molecular flexibility index (Phi) is 8.80. The summed E-state index contributed by atoms with van der Waals surface area (Å²) in [5.41, 5.74) is 2.48. The predicted octanol–water partition coefficient (Wildman–Crippen LogP) is 4.10. The number of benzene rings is 1. The van der Waals surface area contributed by atoms with Crippen LogP contribution in [0, 0.1) is 6.92 Å². The van der Waals surface area contributed by atoms with Crippen molar-refractivity contribution in [3.05, 3.63) is 53.7 Å². The molecule has 6 nitrogen and oxygen atoms in total. The van der Waals surface area contributed by atoms with Crippen LogP contribution in [0.3, 0.4) is 0 Å². The van der Waals surface area contributed by atoms with Crippen molar-refractivity contribution in [2.75, 3.05) is 37.7 Å². The Morgan fingerprint density at radius 2 is 1.97 bits per heavy atom. The van der Waals surface area contributed by atoms with Crippen molar-refractivity contribution in [3.8, 4) is 5.75 Å². The lowest BCUT2D eigenvalue weighted by atomic mass is 9.93. The number of para-hydroxylation sites is 1. The molecule has 1 atom stereocenters. The molecule has 2 aliphatic rings. The second kappa shape index (κ2) is 11.5. The van der Waals surface area contributed by atoms with Crippen LogP contribution in [0.25, 0.3) is 0 Å². The molecule has 0 amide bonds. The third-order valence-electron chi connectivity index (χ3n) is 5.95. The second-order valence-electron chi connectivity index (χ2n) is 8.19. The Morgan fingerprint density at radius 1 is 1.16 bits per heavy atom. The van der Waals surface area contributed by atoms with Crippen LogP contribution in [0.15, 0.2) is 47.6 Å². The smallest absolute Gasteiger partial charge is 0.191 e. The van der Waals surface area contributed by atoms with E-state index < -0.39 is 0 Å². The van der Waals surface area contributed by atoms with Crippen LogP contribution in [0.1, 0.15) is 43.2 Å². The number of aryl methyl sites for hydroxylation is 1. The Hall–Kier alpha value is -2.03. The quantitative estimate of drug-likeness (QED) is 0.343. The maximum atomic E-state index is 5.79. The molecule has 1 unspecified atom stereocenters. The normalized spacial score (nSPS) is 19.1. The molecule has 0 saturated carbocycles. The maximum absolute atomic E-state index is 5.79. The van der Waals surface area contributed by atoms with E-state index >= 15 is 0 Å². The minimum atomic E-state index is 0. The zero-order valence-electron chi connectivity index (χ0n) is 18.5. The summed E-state index contributed by atoms with van der Waals surface area (Å²) in [5.74, 6) is 3.44. The van der Waals surface area contributed by atoms with E-state index in [9.17, 15) is 0 Å². The Morgan fingerprint density at radius 3 is 2.71 bits per heavy atom. The lowest BCUT2D eigenvalue weighted by Crippen LogP contribution is -2.49. The summed E-state index contributed by atoms with van der Waals surface area (Å²) in [7, 11) is 0. The summed E-state index contributed by atoms with van der Waals surface area (Å²) in [5, 5.41) is 7.09. The molecule has 7 heteroatoms. The largest absolute Gasteiger partial charge is 0.493 e. The van der Waals surface area contributed by atoms with Crippen LogP contribution in [-0.4, -0.2) is 49.8 Å². The molecule has 0 radical (unpaired) electrons. The number of halogens is 1. The van der Waals surface area contributed by atoms with Gasteiger partial charge in [0.1, 0.15) is 11.6 Å². The highest BCUT2D eigenvalue weighted by molar-refractivity contribution is 14.0. The van der Waals surface area contributed by atoms with E-state index in [1.54, 1.807) is 0 Å². The van der Waals surface area contributed by atoms with Crippen molar-refractivity contribution in [3.63, 3.8) is 0 Å². The lowest BCUT2D eigenvalue weighted by Gasteiger charge is -2.34. The highest BCUT2D eigenvalue weighted by Crippen LogP contribution is 2.33. The van der Waals surface area contributed by atoms with Crippen molar-refractivity contribution >= 4 is 35.8 Å². The number of hydrogen-bond acceptors (Lipinski definition) is 4. The number of aromatic nitrogens is 1. The summed E-state index contributed by atoms with van der Waals surface area (Å²) < 4.78 is 5.79. The van der Waals surface area contributed by atoms with Gasteiger partial charge in [-0.2, -0.15) is 0 Å². The van der Waals surface area contributed by atoms with Gasteiger partial charge < -0.3 is 20.3 Å². The third-order valence-corrected chi connectivity index (χ3v) is 5.95. The molecule has 0 aliphatic carbocycles. The number of ether oxygens (including phenoxy) is 1. The average molecular weight is 535 g/mol. The first kappa shape index (κ1) is 23.6. The number of pyridine rings is 1. The summed E-state index contributed by atoms with van der Waals surface area (Å²) in [6, 6.07) is 13.1. The summed E-state index contributed by atoms with van der Waals surface area (Å²) in [6.07, 6.45) is 5.13. The van der Waals surface area contributed by atoms with E-state index in [-0.39, 0.29) is 24.0 Å². The van der Waals surface area contributed by atoms with Gasteiger partial charge in [-0.1, -0.05) is 24.3 Å². The zero-order chi connectivity index (χ0) is 20.8. The highest BCUT2D eigenvalue weighted by atomic mass is 127. The van der Waals surface area contributed by atoms with Crippen molar-refractivity contribution in [2.24, 2.45) is 4.99 Å². The standard InChI is InChI=1S/C24H33N5O.HI/c1-3-25-24(27-17-19-12-15-30-22-7-5-4-6-21(19)22)28-20-10-13-29(14-11-20)23-9-8-18(2)16-26-23;/h4-9,16,19-20H,3,10-15,17H2,1-2H3,(H2,25,27,28);1H. The van der Waals surface area contributed by atoms with Gasteiger partial charge in [-0.15, -0.1) is 24.0 Å². The molecule has 0 bridgehead atoms. The number of piperidine rings is 1. The van der Waals surface area contributed by atoms with Crippen LogP contribution < -0.4 is 20.3 Å². The molecule has 2 aromatic rings. The molecular weight excluding hydrogens is 501 g/mol. The van der Waals surface area contributed by atoms with Gasteiger partial charge >= 0.3 is 0 Å². The van der Waals surface area contributed by atoms with Gasteiger partial charge in [0.15, 0.2) is 5.96 Å². The van der Waals surface area contributed by atoms with Crippen molar-refractivity contribution < 1.29 is 4.74 Å². The van der Waals surface area contributed by atoms with Gasteiger partial charge in [0.05, 0.1) is 6.61 Å². The molecule has 0 spiro atoms. The fourth-order valence-corrected chi connectivity index (χ4v) is 4.22. The van der Waals surface area contributed by atoms with Gasteiger partial charge in [0.25, 0.3) is 0 Å². The molecule has 2 aliphatic heterocycles. The van der Waals surface area contributed by atoms with Gasteiger partial charge in [0.2, 0.25) is 0 Å². The zero-order valence-corrected chi connectivity index (χ0v) is 20.8. The van der Waals surface area contributed by atoms with Crippen molar-refractivity contribution in [1.82, 2.24) is 15.6 Å². The molecule has 1 fully saturated rings. The molecule has 1 aromatic carbocycles. The van der Waals surface area contributed by atoms with Gasteiger partial charge in [-0.3, -0.25) is 4.99 Å². The number of nitrogens with one attached hydrogen (secondary N) is 2. The van der Waals surface area contributed by atoms with E-state index in [0.717, 1.165) is 69.6 Å². The maximum Gasteiger partial charge on any atom is 0.191 e. The molecule has 1 saturated heterocycles. The number of guanidine groups is 1. The second-order valence-corrected chi connectivity index (χ2v) is 8.19. The lowest BCUT2D eigenvalue weighted by molar-refractivity contribution is 0.269. The van der Waals surface area contributed by atoms with Crippen LogP contribution in [-0.2, 0) is 0 Å². The molecule has 2 N–H and O–H groups in total. The third kappa shape index (κ3) is 6.24. The number of rotatable bonds is 5. The number of nitrogens with zero attached hydrogens (tertiary/aromatic N) is 3. The molecule has 4 rings (SSSR count). The first-order chi connectivity index (χ1) is 14.7. The molecule has 1 aromatic heterocycles. The summed E-state index contributed by atoms with van der Waals surface area (Å²) in [6.45, 7) is 8.64. The van der Waals surface area contributed by atoms with Crippen LogP contribution in [0.5, 0.6) is 5.75 Å². The van der Waals surface area contributed by atoms with E-state index in [0.29, 0.717) is 12.0 Å². The van der Waals surface area contributed by atoms with E-state index in [2.05, 4.69) is 64.7 Å². The van der Waals surface area contributed by atoms with E-state index in [1.807, 2.05) is 12.3 Å². The number of anilines is 1. The van der Waals surface area contributed by atoms with Crippen molar-refractivity contribution in [2.45, 2.75) is 45.1 Å². The highest BCUT2D eigenvalue weighted by Gasteiger charge is 2.23. The number of aliphatic imine (C=N–C) groups is 1. The Balaban J connectivity index is 0.00000272. The van der Waals surface area contributed by atoms with Gasteiger partial charge in [0, 0.05) is 44.3 Å². The summed E-state index contributed by atoms with van der Waals surface area (Å²) >= 11 is 0. The molecule has 31 heavy (non-hydrogen) atoms. The minimum Gasteiger partial charge on any atom is -0.493 e. The van der Waals surface area contributed by atoms with E-state index in [4.69, 9.17) is 9.73 Å². The Bertz CT molecular complexity index is 849. The van der Waals surface area contributed by atoms with Gasteiger partial charge in [-0.05, 0) is 56.4 Å². The monoisotopic (exact) mass is 535 g/mol. The van der Waals surface area contributed by atoms with Crippen LogP contribution in [0.2, 0.25) is 0 Å². The van der Waals surface area contributed by atoms with Crippen LogP contribution >= 0.6 is 24.0 Å². The summed E-state index contributed by atoms with van der Waals surface area (Å²) in [4.78, 5) is 11.9. The molecule has 168 valence electrons. The molecular formula is C24H34IN5O. The average Bonchev–Trinajstić information content (AvgIpc) is 2.79. The Labute approximate surface area is 202 Å². The minimum absolute atomic E-state index is 0.